The monoisotopic (exact) mass is 319 g/mol. The van der Waals surface area contributed by atoms with Gasteiger partial charge in [-0.2, -0.15) is 0 Å². The van der Waals surface area contributed by atoms with Gasteiger partial charge in [-0.05, 0) is 22.6 Å². The first kappa shape index (κ1) is 11.1. The van der Waals surface area contributed by atoms with E-state index in [1.54, 1.807) is 22.6 Å². The van der Waals surface area contributed by atoms with Gasteiger partial charge in [-0.15, -0.1) is 0 Å². The van der Waals surface area contributed by atoms with Gasteiger partial charge in [0.2, 0.25) is 0 Å². The molecule has 0 fully saturated rings. The van der Waals surface area contributed by atoms with Gasteiger partial charge in [0, 0.05) is 9.77 Å². The minimum Gasteiger partial charge on any atom is -0.390 e. The molecule has 0 unspecified atom stereocenters. The highest BCUT2D eigenvalue weighted by Crippen LogP contribution is 2.30. The molecule has 1 aromatic heterocycles. The molecule has 0 saturated carbocycles. The van der Waals surface area contributed by atoms with Crippen LogP contribution >= 0.6 is 34.2 Å². The number of rotatable bonds is 2. The van der Waals surface area contributed by atoms with E-state index in [2.05, 4.69) is 4.98 Å². The van der Waals surface area contributed by atoms with E-state index in [9.17, 15) is 8.78 Å². The number of aliphatic hydroxyl groups is 1. The predicted octanol–water partition coefficient (Wildman–Crippen LogP) is 2.77. The molecule has 0 bridgehead atoms. The molecule has 1 rings (SSSR count). The van der Waals surface area contributed by atoms with Crippen LogP contribution < -0.4 is 0 Å². The number of aliphatic hydroxyl groups excluding tert-OH is 1. The summed E-state index contributed by atoms with van der Waals surface area (Å²) in [6, 6.07) is 0. The molecular weight excluding hydrogens is 314 g/mol. The molecule has 0 aliphatic rings. The number of nitrogens with zero attached hydrogens (tertiary/aromatic N) is 1. The molecule has 0 aliphatic carbocycles. The average molecular weight is 319 g/mol. The van der Waals surface area contributed by atoms with Gasteiger partial charge in [0.15, 0.2) is 0 Å². The number of aromatic nitrogens is 1. The van der Waals surface area contributed by atoms with Crippen molar-refractivity contribution in [2.75, 3.05) is 0 Å². The molecule has 2 nitrogen and oxygen atoms in total. The Kier molecular flexibility index (Phi) is 3.81. The van der Waals surface area contributed by atoms with Gasteiger partial charge in [-0.1, -0.05) is 11.6 Å². The maximum atomic E-state index is 12.3. The highest BCUT2D eigenvalue weighted by Gasteiger charge is 2.16. The molecule has 0 amide bonds. The topological polar surface area (TPSA) is 33.1 Å². The Balaban J connectivity index is 3.23. The van der Waals surface area contributed by atoms with E-state index in [0.717, 1.165) is 6.20 Å². The van der Waals surface area contributed by atoms with Crippen molar-refractivity contribution >= 4 is 34.2 Å². The summed E-state index contributed by atoms with van der Waals surface area (Å²) in [6.45, 7) is -0.349. The van der Waals surface area contributed by atoms with Gasteiger partial charge in [-0.3, -0.25) is 4.98 Å². The van der Waals surface area contributed by atoms with E-state index in [-0.39, 0.29) is 26.5 Å². The van der Waals surface area contributed by atoms with Crippen molar-refractivity contribution in [3.63, 3.8) is 0 Å². The number of alkyl halides is 2. The fourth-order valence-electron chi connectivity index (χ4n) is 0.777. The smallest absolute Gasteiger partial charge is 0.266 e. The summed E-state index contributed by atoms with van der Waals surface area (Å²) in [7, 11) is 0. The Morgan fingerprint density at radius 2 is 2.23 bits per heavy atom. The number of hydrogen-bond acceptors (Lipinski definition) is 2. The Morgan fingerprint density at radius 1 is 1.62 bits per heavy atom. The summed E-state index contributed by atoms with van der Waals surface area (Å²) in [6.07, 6.45) is -1.56. The third kappa shape index (κ3) is 2.26. The summed E-state index contributed by atoms with van der Waals surface area (Å²) in [5, 5.41) is 8.83. The van der Waals surface area contributed by atoms with E-state index in [4.69, 9.17) is 16.7 Å². The van der Waals surface area contributed by atoms with Crippen molar-refractivity contribution in [3.8, 4) is 0 Å². The number of hydrogen-bond donors (Lipinski definition) is 1. The lowest BCUT2D eigenvalue weighted by atomic mass is 10.2. The molecule has 1 heterocycles. The largest absolute Gasteiger partial charge is 0.390 e. The van der Waals surface area contributed by atoms with Crippen molar-refractivity contribution in [1.29, 1.82) is 0 Å². The Hall–Kier alpha value is -0.0100. The van der Waals surface area contributed by atoms with Crippen LogP contribution in [0.4, 0.5) is 8.78 Å². The van der Waals surface area contributed by atoms with Crippen LogP contribution in [0.1, 0.15) is 17.7 Å². The zero-order valence-corrected chi connectivity index (χ0v) is 9.18. The van der Waals surface area contributed by atoms with Gasteiger partial charge in [0.05, 0.1) is 22.9 Å². The molecule has 0 atom stereocenters. The normalized spacial score (nSPS) is 10.9. The van der Waals surface area contributed by atoms with E-state index < -0.39 is 6.43 Å². The van der Waals surface area contributed by atoms with Crippen molar-refractivity contribution in [3.05, 3.63) is 26.0 Å². The summed E-state index contributed by atoms with van der Waals surface area (Å²) < 4.78 is 24.8. The Morgan fingerprint density at radius 3 is 2.69 bits per heavy atom. The lowest BCUT2D eigenvalue weighted by Crippen LogP contribution is -1.98. The van der Waals surface area contributed by atoms with Crippen molar-refractivity contribution in [1.82, 2.24) is 4.98 Å². The molecule has 13 heavy (non-hydrogen) atoms. The van der Waals surface area contributed by atoms with Gasteiger partial charge >= 0.3 is 0 Å². The van der Waals surface area contributed by atoms with Gasteiger partial charge in [-0.25, -0.2) is 8.78 Å². The van der Waals surface area contributed by atoms with Gasteiger partial charge in [0.25, 0.3) is 6.43 Å². The standard InChI is InChI=1S/C7H5ClF2INO/c8-5-4(2-13)12-1-3(6(5)11)7(9)10/h1,7,13H,2H2. The van der Waals surface area contributed by atoms with Crippen LogP contribution in [0, 0.1) is 3.57 Å². The molecule has 0 aliphatic heterocycles. The molecule has 0 saturated heterocycles. The summed E-state index contributed by atoms with van der Waals surface area (Å²) in [5.41, 5.74) is 0.0123. The maximum absolute atomic E-state index is 12.3. The third-order valence-corrected chi connectivity index (χ3v) is 3.33. The van der Waals surface area contributed by atoms with Crippen LogP contribution in [0.5, 0.6) is 0 Å². The first-order valence-corrected chi connectivity index (χ1v) is 4.75. The third-order valence-electron chi connectivity index (χ3n) is 1.44. The molecule has 1 N–H and O–H groups in total. The Bertz CT molecular complexity index is 322. The quantitative estimate of drug-likeness (QED) is 0.850. The molecule has 1 aromatic rings. The SMILES string of the molecule is OCc1ncc(C(F)F)c(I)c1Cl. The van der Waals surface area contributed by atoms with Crippen LogP contribution in [0.2, 0.25) is 5.02 Å². The van der Waals surface area contributed by atoms with Crippen LogP contribution in [-0.4, -0.2) is 10.1 Å². The summed E-state index contributed by atoms with van der Waals surface area (Å²) >= 11 is 7.39. The van der Waals surface area contributed by atoms with Crippen LogP contribution in [0.25, 0.3) is 0 Å². The summed E-state index contributed by atoms with van der Waals surface area (Å²) in [4.78, 5) is 3.61. The molecule has 0 aromatic carbocycles. The average Bonchev–Trinajstić information content (AvgIpc) is 2.09. The number of pyridine rings is 1. The van der Waals surface area contributed by atoms with Crippen LogP contribution in [-0.2, 0) is 6.61 Å². The lowest BCUT2D eigenvalue weighted by molar-refractivity contribution is 0.150. The molecule has 0 spiro atoms. The van der Waals surface area contributed by atoms with E-state index in [0.29, 0.717) is 0 Å². The van der Waals surface area contributed by atoms with Crippen LogP contribution in [0.15, 0.2) is 6.20 Å². The van der Waals surface area contributed by atoms with E-state index >= 15 is 0 Å². The maximum Gasteiger partial charge on any atom is 0.266 e. The second-order valence-corrected chi connectivity index (χ2v) is 3.70. The Labute approximate surface area is 92.1 Å². The van der Waals surface area contributed by atoms with Gasteiger partial charge < -0.3 is 5.11 Å². The summed E-state index contributed by atoms with van der Waals surface area (Å²) in [5.74, 6) is 0. The first-order valence-electron chi connectivity index (χ1n) is 3.29. The fourth-order valence-corrected chi connectivity index (χ4v) is 1.68. The van der Waals surface area contributed by atoms with Gasteiger partial charge in [0.1, 0.15) is 0 Å². The van der Waals surface area contributed by atoms with Crippen molar-refractivity contribution < 1.29 is 13.9 Å². The molecular formula is C7H5ClF2INO. The lowest BCUT2D eigenvalue weighted by Gasteiger charge is -2.06. The van der Waals surface area contributed by atoms with Crippen LogP contribution in [0.3, 0.4) is 0 Å². The highest BCUT2D eigenvalue weighted by molar-refractivity contribution is 14.1. The molecule has 0 radical (unpaired) electrons. The molecule has 6 heteroatoms. The van der Waals surface area contributed by atoms with E-state index in [1.165, 1.54) is 0 Å². The first-order chi connectivity index (χ1) is 6.07. The minimum absolute atomic E-state index is 0.0981. The second kappa shape index (κ2) is 4.47. The predicted molar refractivity (Wildman–Crippen MR) is 52.8 cm³/mol. The fraction of sp³-hybridized carbons (Fsp3) is 0.286. The zero-order valence-electron chi connectivity index (χ0n) is 6.27. The highest BCUT2D eigenvalue weighted by atomic mass is 127. The van der Waals surface area contributed by atoms with Crippen molar-refractivity contribution in [2.45, 2.75) is 13.0 Å². The minimum atomic E-state index is -2.59. The second-order valence-electron chi connectivity index (χ2n) is 2.25. The van der Waals surface area contributed by atoms with Crippen molar-refractivity contribution in [2.24, 2.45) is 0 Å². The zero-order chi connectivity index (χ0) is 10.0. The number of halogens is 4. The molecule has 72 valence electrons. The van der Waals surface area contributed by atoms with E-state index in [1.807, 2.05) is 0 Å².